The molecule has 1 saturated carbocycles. The lowest BCUT2D eigenvalue weighted by Gasteiger charge is -2.42. The smallest absolute Gasteiger partial charge is 0.343 e. The summed E-state index contributed by atoms with van der Waals surface area (Å²) in [5.41, 5.74) is 0.134. The highest BCUT2D eigenvalue weighted by Gasteiger charge is 2.62. The Morgan fingerprint density at radius 3 is 2.73 bits per heavy atom. The fourth-order valence-electron chi connectivity index (χ4n) is 4.46. The number of aryl methyl sites for hydroxylation is 1. The minimum absolute atomic E-state index is 0.0622. The Bertz CT molecular complexity index is 705. The molecular weight excluding hydrogens is 284 g/mol. The van der Waals surface area contributed by atoms with E-state index in [-0.39, 0.29) is 29.3 Å². The number of carbonyl (C=O) groups excluding carboxylic acids is 1. The number of hydrogen-bond acceptors (Lipinski definition) is 5. The van der Waals surface area contributed by atoms with Gasteiger partial charge in [-0.2, -0.15) is 0 Å². The van der Waals surface area contributed by atoms with Crippen LogP contribution >= 0.6 is 0 Å². The van der Waals surface area contributed by atoms with Crippen molar-refractivity contribution in [2.24, 2.45) is 11.8 Å². The summed E-state index contributed by atoms with van der Waals surface area (Å²) in [7, 11) is 0. The van der Waals surface area contributed by atoms with Crippen molar-refractivity contribution in [3.05, 3.63) is 27.8 Å². The average molecular weight is 304 g/mol. The van der Waals surface area contributed by atoms with Crippen molar-refractivity contribution in [1.82, 2.24) is 0 Å². The number of ketones is 1. The Morgan fingerprint density at radius 2 is 2.05 bits per heavy atom. The van der Waals surface area contributed by atoms with Gasteiger partial charge < -0.3 is 13.9 Å². The van der Waals surface area contributed by atoms with Crippen LogP contribution in [0.3, 0.4) is 0 Å². The van der Waals surface area contributed by atoms with E-state index in [9.17, 15) is 9.59 Å². The molecule has 5 heteroatoms. The molecule has 118 valence electrons. The summed E-state index contributed by atoms with van der Waals surface area (Å²) in [4.78, 5) is 24.9. The van der Waals surface area contributed by atoms with Crippen LogP contribution in [0.1, 0.15) is 50.4 Å². The molecule has 1 spiro atoms. The van der Waals surface area contributed by atoms with Gasteiger partial charge in [0.2, 0.25) is 5.79 Å². The third-order valence-corrected chi connectivity index (χ3v) is 5.31. The van der Waals surface area contributed by atoms with Gasteiger partial charge in [-0.05, 0) is 26.2 Å². The van der Waals surface area contributed by atoms with E-state index < -0.39 is 11.7 Å². The first-order valence-corrected chi connectivity index (χ1v) is 7.95. The zero-order valence-corrected chi connectivity index (χ0v) is 13.0. The minimum Gasteiger partial charge on any atom is -0.461 e. The van der Waals surface area contributed by atoms with Gasteiger partial charge in [0, 0.05) is 24.8 Å². The summed E-state index contributed by atoms with van der Waals surface area (Å²) < 4.78 is 17.5. The molecule has 2 aliphatic heterocycles. The molecule has 22 heavy (non-hydrogen) atoms. The first kappa shape index (κ1) is 14.0. The molecule has 1 aliphatic carbocycles. The van der Waals surface area contributed by atoms with Crippen LogP contribution in [-0.4, -0.2) is 17.7 Å². The zero-order chi connectivity index (χ0) is 15.6. The van der Waals surface area contributed by atoms with E-state index in [1.54, 1.807) is 13.0 Å². The van der Waals surface area contributed by atoms with E-state index in [4.69, 9.17) is 13.9 Å². The maximum Gasteiger partial charge on any atom is 0.343 e. The Kier molecular flexibility index (Phi) is 2.83. The van der Waals surface area contributed by atoms with Crippen LogP contribution in [0.5, 0.6) is 5.75 Å². The average Bonchev–Trinajstić information content (AvgIpc) is 2.91. The van der Waals surface area contributed by atoms with Crippen LogP contribution in [0.2, 0.25) is 0 Å². The van der Waals surface area contributed by atoms with E-state index in [2.05, 4.69) is 0 Å². The molecule has 5 atom stereocenters. The summed E-state index contributed by atoms with van der Waals surface area (Å²) in [5.74, 6) is -0.187. The molecule has 1 aromatic heterocycles. The topological polar surface area (TPSA) is 65.7 Å². The van der Waals surface area contributed by atoms with Gasteiger partial charge in [0.25, 0.3) is 0 Å². The Hall–Kier alpha value is -1.62. The molecule has 5 nitrogen and oxygen atoms in total. The lowest BCUT2D eigenvalue weighted by molar-refractivity contribution is -0.212. The monoisotopic (exact) mass is 304 g/mol. The van der Waals surface area contributed by atoms with Crippen molar-refractivity contribution in [3.8, 4) is 5.75 Å². The maximum atomic E-state index is 12.6. The predicted octanol–water partition coefficient (Wildman–Crippen LogP) is 2.54. The van der Waals surface area contributed by atoms with Crippen molar-refractivity contribution in [1.29, 1.82) is 0 Å². The quantitative estimate of drug-likeness (QED) is 0.737. The molecule has 0 aromatic carbocycles. The molecule has 4 rings (SSSR count). The van der Waals surface area contributed by atoms with E-state index in [1.807, 2.05) is 13.8 Å². The number of hydrogen-bond donors (Lipinski definition) is 0. The highest BCUT2D eigenvalue weighted by Crippen LogP contribution is 2.56. The summed E-state index contributed by atoms with van der Waals surface area (Å²) in [5, 5.41) is 0. The van der Waals surface area contributed by atoms with Gasteiger partial charge in [0.05, 0.1) is 17.6 Å². The molecule has 0 bridgehead atoms. The second-order valence-electron chi connectivity index (χ2n) is 6.95. The van der Waals surface area contributed by atoms with Crippen LogP contribution < -0.4 is 10.4 Å². The Balaban J connectivity index is 1.93. The molecular formula is C17H20O5. The largest absolute Gasteiger partial charge is 0.461 e. The van der Waals surface area contributed by atoms with Crippen LogP contribution in [0.25, 0.3) is 0 Å². The highest BCUT2D eigenvalue weighted by molar-refractivity contribution is 5.86. The third-order valence-electron chi connectivity index (χ3n) is 5.31. The van der Waals surface area contributed by atoms with Crippen LogP contribution in [0.15, 0.2) is 15.3 Å². The van der Waals surface area contributed by atoms with Crippen molar-refractivity contribution in [3.63, 3.8) is 0 Å². The zero-order valence-electron chi connectivity index (χ0n) is 13.0. The first-order valence-electron chi connectivity index (χ1n) is 7.95. The lowest BCUT2D eigenvalue weighted by Crippen LogP contribution is -2.51. The molecule has 0 unspecified atom stereocenters. The molecule has 1 saturated heterocycles. The molecule has 3 heterocycles. The summed E-state index contributed by atoms with van der Waals surface area (Å²) in [6.07, 6.45) is 2.07. The second-order valence-corrected chi connectivity index (χ2v) is 6.95. The van der Waals surface area contributed by atoms with Crippen LogP contribution in [0, 0.1) is 18.8 Å². The van der Waals surface area contributed by atoms with E-state index in [0.29, 0.717) is 29.9 Å². The first-order chi connectivity index (χ1) is 10.4. The molecule has 3 aliphatic rings. The number of Topliss-reactive ketones (excluding diaryl/α,β-unsaturated/α-hetero) is 1. The molecule has 0 amide bonds. The van der Waals surface area contributed by atoms with Gasteiger partial charge in [0.1, 0.15) is 17.3 Å². The Labute approximate surface area is 128 Å². The summed E-state index contributed by atoms with van der Waals surface area (Å²) in [6.45, 7) is 5.74. The van der Waals surface area contributed by atoms with Gasteiger partial charge >= 0.3 is 5.63 Å². The minimum atomic E-state index is -0.904. The van der Waals surface area contributed by atoms with Crippen molar-refractivity contribution >= 4 is 5.78 Å². The summed E-state index contributed by atoms with van der Waals surface area (Å²) in [6, 6.07) is 1.75. The van der Waals surface area contributed by atoms with Gasteiger partial charge in [0.15, 0.2) is 0 Å². The van der Waals surface area contributed by atoms with Crippen LogP contribution in [-0.2, 0) is 9.53 Å². The van der Waals surface area contributed by atoms with Crippen molar-refractivity contribution in [2.45, 2.75) is 57.8 Å². The van der Waals surface area contributed by atoms with Crippen LogP contribution in [0.4, 0.5) is 0 Å². The van der Waals surface area contributed by atoms with Crippen molar-refractivity contribution in [2.75, 3.05) is 0 Å². The molecule has 1 aromatic rings. The van der Waals surface area contributed by atoms with Gasteiger partial charge in [-0.15, -0.1) is 0 Å². The van der Waals surface area contributed by atoms with Crippen molar-refractivity contribution < 1.29 is 18.7 Å². The SMILES string of the molecule is Cc1cc2c(c(=O)o1)[C@@H]1[C@@H](C)CC(=O)[C@@H]1[C@@]1(CC[C@@H](C)O1)O2. The normalized spacial score (nSPS) is 39.7. The lowest BCUT2D eigenvalue weighted by atomic mass is 9.76. The molecule has 0 radical (unpaired) electrons. The number of fused-ring (bicyclic) bond motifs is 4. The molecule has 0 N–H and O–H groups in total. The Morgan fingerprint density at radius 1 is 1.27 bits per heavy atom. The number of rotatable bonds is 0. The van der Waals surface area contributed by atoms with E-state index in [1.165, 1.54) is 0 Å². The number of ether oxygens (including phenoxy) is 2. The standard InChI is InChI=1S/C17H20O5/c1-8-6-11(18)15-13(8)14-12(7-10(3)20-16(14)19)22-17(15)5-4-9(2)21-17/h7-9,13,15H,4-6H2,1-3H3/t8-,9+,13-,15-,17+/m0/s1. The number of carbonyl (C=O) groups is 1. The summed E-state index contributed by atoms with van der Waals surface area (Å²) >= 11 is 0. The fraction of sp³-hybridized carbons (Fsp3) is 0.647. The van der Waals surface area contributed by atoms with E-state index >= 15 is 0 Å². The molecule has 2 fully saturated rings. The highest BCUT2D eigenvalue weighted by atomic mass is 16.7. The van der Waals surface area contributed by atoms with Gasteiger partial charge in [-0.25, -0.2) is 4.79 Å². The maximum absolute atomic E-state index is 12.6. The van der Waals surface area contributed by atoms with E-state index in [0.717, 1.165) is 6.42 Å². The van der Waals surface area contributed by atoms with Gasteiger partial charge in [-0.3, -0.25) is 4.79 Å². The fourth-order valence-corrected chi connectivity index (χ4v) is 4.46. The predicted molar refractivity (Wildman–Crippen MR) is 77.9 cm³/mol. The van der Waals surface area contributed by atoms with Gasteiger partial charge in [-0.1, -0.05) is 6.92 Å². The third kappa shape index (κ3) is 1.75. The second kappa shape index (κ2) is 4.44.